The van der Waals surface area contributed by atoms with E-state index in [0.717, 1.165) is 23.7 Å². The van der Waals surface area contributed by atoms with Gasteiger partial charge in [0.25, 0.3) is 0 Å². The highest BCUT2D eigenvalue weighted by Gasteiger charge is 2.56. The molecule has 6 atom stereocenters. The van der Waals surface area contributed by atoms with Crippen LogP contribution in [-0.2, 0) is 0 Å². The lowest BCUT2D eigenvalue weighted by molar-refractivity contribution is -0.0541. The molecule has 0 heteroatoms. The van der Waals surface area contributed by atoms with Gasteiger partial charge in [-0.25, -0.2) is 0 Å². The van der Waals surface area contributed by atoms with Crippen molar-refractivity contribution in [2.45, 2.75) is 65.7 Å². The van der Waals surface area contributed by atoms with E-state index in [1.807, 2.05) is 0 Å². The molecule has 0 amide bonds. The van der Waals surface area contributed by atoms with Crippen LogP contribution in [0.3, 0.4) is 0 Å². The third kappa shape index (κ3) is 1.66. The van der Waals surface area contributed by atoms with Gasteiger partial charge in [-0.1, -0.05) is 44.1 Å². The van der Waals surface area contributed by atoms with E-state index >= 15 is 0 Å². The Morgan fingerprint density at radius 2 is 1.85 bits per heavy atom. The lowest BCUT2D eigenvalue weighted by Gasteiger charge is -2.57. The van der Waals surface area contributed by atoms with Gasteiger partial charge in [0.1, 0.15) is 0 Å². The summed E-state index contributed by atoms with van der Waals surface area (Å²) >= 11 is 0. The van der Waals surface area contributed by atoms with Crippen molar-refractivity contribution in [3.63, 3.8) is 0 Å². The number of hydrogen-bond acceptors (Lipinski definition) is 0. The zero-order chi connectivity index (χ0) is 14.0. The molecule has 0 nitrogen and oxygen atoms in total. The number of hydrogen-bond donors (Lipinski definition) is 0. The van der Waals surface area contributed by atoms with Gasteiger partial charge >= 0.3 is 0 Å². The van der Waals surface area contributed by atoms with E-state index in [1.165, 1.54) is 50.5 Å². The van der Waals surface area contributed by atoms with E-state index in [1.54, 1.807) is 0 Å². The summed E-state index contributed by atoms with van der Waals surface area (Å²) in [5, 5.41) is 0. The van der Waals surface area contributed by atoms with Gasteiger partial charge in [-0.3, -0.25) is 0 Å². The molecule has 0 heterocycles. The molecule has 4 rings (SSSR count). The van der Waals surface area contributed by atoms with Gasteiger partial charge in [0.05, 0.1) is 0 Å². The van der Waals surface area contributed by atoms with Crippen LogP contribution in [0, 0.1) is 34.5 Å². The van der Waals surface area contributed by atoms with Crippen molar-refractivity contribution in [2.75, 3.05) is 0 Å². The molecular formula is C20H30. The fourth-order valence-electron chi connectivity index (χ4n) is 6.61. The maximum Gasteiger partial charge on any atom is -0.00494 e. The van der Waals surface area contributed by atoms with Crippen LogP contribution in [0.4, 0.5) is 0 Å². The highest BCUT2D eigenvalue weighted by molar-refractivity contribution is 5.29. The van der Waals surface area contributed by atoms with E-state index in [-0.39, 0.29) is 0 Å². The van der Waals surface area contributed by atoms with Crippen molar-refractivity contribution >= 4 is 0 Å². The Morgan fingerprint density at radius 1 is 1.00 bits per heavy atom. The fourth-order valence-corrected chi connectivity index (χ4v) is 6.61. The molecule has 0 N–H and O–H groups in total. The Bertz CT molecular complexity index is 470. The normalized spacial score (nSPS) is 53.9. The fraction of sp³-hybridized carbons (Fsp3) is 0.800. The Labute approximate surface area is 124 Å². The Balaban J connectivity index is 1.68. The topological polar surface area (TPSA) is 0 Å². The first-order chi connectivity index (χ1) is 9.53. The maximum absolute atomic E-state index is 2.61. The van der Waals surface area contributed by atoms with Crippen LogP contribution in [-0.4, -0.2) is 0 Å². The van der Waals surface area contributed by atoms with Gasteiger partial charge in [0.15, 0.2) is 0 Å². The molecule has 20 heavy (non-hydrogen) atoms. The van der Waals surface area contributed by atoms with Crippen molar-refractivity contribution < 1.29 is 0 Å². The highest BCUT2D eigenvalue weighted by atomic mass is 14.6. The standard InChI is InChI=1S/C20H30/c1-14-8-12-20(3)15(13-14)6-7-16-17-5-4-10-19(17,2)11-9-18(16)20/h8,12-13,15-18H,4-7,9-11H2,1-3H3/t15?,16-,17-,18-,19-,20-/m0/s1. The second-order valence-corrected chi connectivity index (χ2v) is 8.76. The largest absolute Gasteiger partial charge is 0.0776 e. The van der Waals surface area contributed by atoms with Crippen molar-refractivity contribution in [1.29, 1.82) is 0 Å². The zero-order valence-corrected chi connectivity index (χ0v) is 13.5. The van der Waals surface area contributed by atoms with Crippen molar-refractivity contribution in [1.82, 2.24) is 0 Å². The average molecular weight is 270 g/mol. The van der Waals surface area contributed by atoms with Gasteiger partial charge in [-0.15, -0.1) is 0 Å². The first-order valence-corrected chi connectivity index (χ1v) is 8.91. The zero-order valence-electron chi connectivity index (χ0n) is 13.5. The van der Waals surface area contributed by atoms with Crippen LogP contribution in [0.5, 0.6) is 0 Å². The average Bonchev–Trinajstić information content (AvgIpc) is 2.81. The van der Waals surface area contributed by atoms with Crippen molar-refractivity contribution in [2.24, 2.45) is 34.5 Å². The highest BCUT2D eigenvalue weighted by Crippen LogP contribution is 2.64. The van der Waals surface area contributed by atoms with Gasteiger partial charge in [0, 0.05) is 0 Å². The summed E-state index contributed by atoms with van der Waals surface area (Å²) in [6.45, 7) is 7.46. The van der Waals surface area contributed by atoms with Crippen LogP contribution >= 0.6 is 0 Å². The van der Waals surface area contributed by atoms with Crippen LogP contribution in [0.2, 0.25) is 0 Å². The van der Waals surface area contributed by atoms with E-state index in [2.05, 4.69) is 39.0 Å². The van der Waals surface area contributed by atoms with E-state index in [0.29, 0.717) is 10.8 Å². The molecule has 0 aliphatic heterocycles. The van der Waals surface area contributed by atoms with Crippen LogP contribution in [0.15, 0.2) is 23.8 Å². The van der Waals surface area contributed by atoms with E-state index in [4.69, 9.17) is 0 Å². The van der Waals surface area contributed by atoms with Gasteiger partial charge < -0.3 is 0 Å². The molecule has 0 aromatic rings. The van der Waals surface area contributed by atoms with Crippen LogP contribution in [0.1, 0.15) is 65.7 Å². The summed E-state index contributed by atoms with van der Waals surface area (Å²) in [6.07, 6.45) is 18.0. The van der Waals surface area contributed by atoms with Crippen molar-refractivity contribution in [3.8, 4) is 0 Å². The van der Waals surface area contributed by atoms with Crippen LogP contribution < -0.4 is 0 Å². The van der Waals surface area contributed by atoms with Gasteiger partial charge in [-0.05, 0) is 80.0 Å². The van der Waals surface area contributed by atoms with Gasteiger partial charge in [0.2, 0.25) is 0 Å². The summed E-state index contributed by atoms with van der Waals surface area (Å²) in [5.74, 6) is 3.84. The van der Waals surface area contributed by atoms with Crippen LogP contribution in [0.25, 0.3) is 0 Å². The molecule has 0 aromatic heterocycles. The first-order valence-electron chi connectivity index (χ1n) is 8.91. The molecule has 0 aromatic carbocycles. The molecule has 3 fully saturated rings. The monoisotopic (exact) mass is 270 g/mol. The Hall–Kier alpha value is -0.520. The number of fused-ring (bicyclic) bond motifs is 5. The molecule has 3 saturated carbocycles. The Kier molecular flexibility index (Phi) is 2.79. The second kappa shape index (κ2) is 4.24. The minimum atomic E-state index is 0.465. The predicted molar refractivity (Wildman–Crippen MR) is 85.4 cm³/mol. The second-order valence-electron chi connectivity index (χ2n) is 8.76. The van der Waals surface area contributed by atoms with E-state index in [9.17, 15) is 0 Å². The smallest absolute Gasteiger partial charge is 0.00494 e. The lowest BCUT2D eigenvalue weighted by atomic mass is 9.47. The molecule has 0 radical (unpaired) electrons. The molecule has 4 aliphatic carbocycles. The quantitative estimate of drug-likeness (QED) is 0.525. The lowest BCUT2D eigenvalue weighted by Crippen LogP contribution is -2.50. The van der Waals surface area contributed by atoms with E-state index < -0.39 is 0 Å². The SMILES string of the molecule is CC1=CC2CC[C@H]3[C@@H]4CCC[C@@]4(C)CC[C@@H]3[C@@]2(C)C=C1. The summed E-state index contributed by atoms with van der Waals surface area (Å²) in [5.41, 5.74) is 2.66. The summed E-state index contributed by atoms with van der Waals surface area (Å²) in [4.78, 5) is 0. The molecule has 0 saturated heterocycles. The van der Waals surface area contributed by atoms with Crippen molar-refractivity contribution in [3.05, 3.63) is 23.8 Å². The minimum absolute atomic E-state index is 0.465. The molecular weight excluding hydrogens is 240 g/mol. The predicted octanol–water partition coefficient (Wildman–Crippen LogP) is 5.75. The third-order valence-electron chi connectivity index (χ3n) is 7.80. The summed E-state index contributed by atoms with van der Waals surface area (Å²) < 4.78 is 0. The molecule has 1 unspecified atom stereocenters. The molecule has 4 aliphatic rings. The Morgan fingerprint density at radius 3 is 2.70 bits per heavy atom. The van der Waals surface area contributed by atoms with Gasteiger partial charge in [-0.2, -0.15) is 0 Å². The summed E-state index contributed by atoms with van der Waals surface area (Å²) in [6, 6.07) is 0. The minimum Gasteiger partial charge on any atom is -0.0776 e. The molecule has 0 spiro atoms. The maximum atomic E-state index is 2.61. The summed E-state index contributed by atoms with van der Waals surface area (Å²) in [7, 11) is 0. The molecule has 0 bridgehead atoms. The molecule has 110 valence electrons. The number of allylic oxidation sites excluding steroid dienone is 4. The third-order valence-corrected chi connectivity index (χ3v) is 7.80. The number of rotatable bonds is 0. The first kappa shape index (κ1) is 13.2.